The monoisotopic (exact) mass is 366 g/mol. The lowest BCUT2D eigenvalue weighted by Gasteiger charge is -2.19. The molecule has 2 heterocycles. The van der Waals surface area contributed by atoms with Crippen LogP contribution in [0.2, 0.25) is 0 Å². The summed E-state index contributed by atoms with van der Waals surface area (Å²) in [5.41, 5.74) is -1.28. The molecule has 0 aromatic carbocycles. The van der Waals surface area contributed by atoms with E-state index in [0.29, 0.717) is 24.8 Å². The van der Waals surface area contributed by atoms with Crippen LogP contribution < -0.4 is 0 Å². The van der Waals surface area contributed by atoms with Crippen molar-refractivity contribution in [2.75, 3.05) is 13.2 Å². The Morgan fingerprint density at radius 3 is 2.54 bits per heavy atom. The van der Waals surface area contributed by atoms with Crippen molar-refractivity contribution in [3.05, 3.63) is 11.6 Å². The molecule has 3 aliphatic rings. The number of fused-ring (bicyclic) bond motifs is 1. The van der Waals surface area contributed by atoms with Gasteiger partial charge in [-0.2, -0.15) is 0 Å². The largest absolute Gasteiger partial charge is 0.463 e. The topological polar surface area (TPSA) is 94.7 Å². The average molecular weight is 366 g/mol. The fourth-order valence-electron chi connectivity index (χ4n) is 3.82. The van der Waals surface area contributed by atoms with E-state index in [1.54, 1.807) is 6.92 Å². The maximum atomic E-state index is 12.6. The highest BCUT2D eigenvalue weighted by molar-refractivity contribution is 5.95. The maximum Gasteiger partial charge on any atom is 0.302 e. The van der Waals surface area contributed by atoms with Crippen molar-refractivity contribution in [1.82, 2.24) is 0 Å². The van der Waals surface area contributed by atoms with Gasteiger partial charge in [0.25, 0.3) is 0 Å². The molecule has 26 heavy (non-hydrogen) atoms. The number of hydrogen-bond acceptors (Lipinski definition) is 7. The molecule has 0 aromatic rings. The van der Waals surface area contributed by atoms with E-state index in [2.05, 4.69) is 0 Å². The molecule has 144 valence electrons. The molecule has 0 radical (unpaired) electrons. The number of epoxide rings is 2. The summed E-state index contributed by atoms with van der Waals surface area (Å²) in [6, 6.07) is 0. The molecule has 0 aromatic heterocycles. The van der Waals surface area contributed by atoms with Gasteiger partial charge in [0.05, 0.1) is 6.10 Å². The molecule has 0 unspecified atom stereocenters. The summed E-state index contributed by atoms with van der Waals surface area (Å²) in [6.07, 6.45) is 3.84. The van der Waals surface area contributed by atoms with Crippen LogP contribution in [0, 0.1) is 0 Å². The summed E-state index contributed by atoms with van der Waals surface area (Å²) in [7, 11) is 0. The second-order valence-electron chi connectivity index (χ2n) is 7.79. The zero-order valence-electron chi connectivity index (χ0n) is 15.8. The Morgan fingerprint density at radius 2 is 1.88 bits per heavy atom. The Hall–Kier alpha value is -1.73. The first-order chi connectivity index (χ1) is 12.1. The first kappa shape index (κ1) is 19.0. The lowest BCUT2D eigenvalue weighted by atomic mass is 9.81. The Labute approximate surface area is 153 Å². The van der Waals surface area contributed by atoms with E-state index >= 15 is 0 Å². The lowest BCUT2D eigenvalue weighted by molar-refractivity contribution is -0.143. The van der Waals surface area contributed by atoms with E-state index in [-0.39, 0.29) is 43.5 Å². The smallest absolute Gasteiger partial charge is 0.302 e. The van der Waals surface area contributed by atoms with Crippen LogP contribution in [0.5, 0.6) is 0 Å². The maximum absolute atomic E-state index is 12.6. The minimum Gasteiger partial charge on any atom is -0.463 e. The summed E-state index contributed by atoms with van der Waals surface area (Å²) in [4.78, 5) is 34.9. The van der Waals surface area contributed by atoms with Crippen molar-refractivity contribution < 1.29 is 33.3 Å². The first-order valence-corrected chi connectivity index (χ1v) is 8.96. The van der Waals surface area contributed by atoms with Crippen molar-refractivity contribution in [1.29, 1.82) is 0 Å². The van der Waals surface area contributed by atoms with E-state index in [0.717, 1.165) is 0 Å². The van der Waals surface area contributed by atoms with Crippen LogP contribution in [0.3, 0.4) is 0 Å². The molecule has 3 rings (SSSR count). The summed E-state index contributed by atoms with van der Waals surface area (Å²) >= 11 is 0. The van der Waals surface area contributed by atoms with Gasteiger partial charge in [-0.15, -0.1) is 0 Å². The Bertz CT molecular complexity index is 669. The van der Waals surface area contributed by atoms with Gasteiger partial charge in [-0.05, 0) is 32.3 Å². The Morgan fingerprint density at radius 1 is 1.23 bits per heavy atom. The molecule has 2 fully saturated rings. The Kier molecular flexibility index (Phi) is 4.73. The van der Waals surface area contributed by atoms with E-state index in [1.165, 1.54) is 13.8 Å². The SMILES string of the molecule is CC(=O)OC[C@]12CC/C=C(/C)C(=O)C[C@]3(C[C@H]1O2)O[C@@]3(C)COC(C)=O. The van der Waals surface area contributed by atoms with Gasteiger partial charge in [0.2, 0.25) is 0 Å². The fraction of sp³-hybridized carbons (Fsp3) is 0.737. The van der Waals surface area contributed by atoms with Crippen LogP contribution in [0.15, 0.2) is 11.6 Å². The molecule has 0 N–H and O–H groups in total. The molecular formula is C19H26O7. The van der Waals surface area contributed by atoms with Crippen molar-refractivity contribution in [2.24, 2.45) is 0 Å². The first-order valence-electron chi connectivity index (χ1n) is 8.96. The number of ether oxygens (including phenoxy) is 4. The summed E-state index contributed by atoms with van der Waals surface area (Å²) in [5, 5.41) is 0. The van der Waals surface area contributed by atoms with Crippen molar-refractivity contribution in [3.63, 3.8) is 0 Å². The van der Waals surface area contributed by atoms with E-state index in [1.807, 2.05) is 13.0 Å². The lowest BCUT2D eigenvalue weighted by Crippen LogP contribution is -2.35. The molecule has 2 aliphatic heterocycles. The van der Waals surface area contributed by atoms with E-state index in [4.69, 9.17) is 18.9 Å². The molecule has 0 amide bonds. The molecular weight excluding hydrogens is 340 g/mol. The third-order valence-corrected chi connectivity index (χ3v) is 5.74. The van der Waals surface area contributed by atoms with Crippen LogP contribution >= 0.6 is 0 Å². The van der Waals surface area contributed by atoms with Crippen LogP contribution in [0.4, 0.5) is 0 Å². The van der Waals surface area contributed by atoms with Crippen LogP contribution in [-0.4, -0.2) is 53.8 Å². The third-order valence-electron chi connectivity index (χ3n) is 5.74. The standard InChI is InChI=1S/C19H26O7/c1-12-6-5-7-18(11-24-14(3)21)16(25-18)9-19(8-15(12)22)17(4,26-19)10-23-13(2)20/h6,16H,5,7-11H2,1-4H3/b12-6-/t16-,17+,18-,19-/m1/s1. The van der Waals surface area contributed by atoms with Crippen LogP contribution in [-0.2, 0) is 33.3 Å². The van der Waals surface area contributed by atoms with Crippen molar-refractivity contribution in [2.45, 2.75) is 76.3 Å². The predicted molar refractivity (Wildman–Crippen MR) is 90.3 cm³/mol. The minimum atomic E-state index is -0.728. The zero-order valence-corrected chi connectivity index (χ0v) is 15.8. The van der Waals surface area contributed by atoms with Gasteiger partial charge in [0, 0.05) is 26.7 Å². The summed E-state index contributed by atoms with van der Waals surface area (Å²) in [6.45, 7) is 6.67. The van der Waals surface area contributed by atoms with Crippen molar-refractivity contribution in [3.8, 4) is 0 Å². The number of carbonyl (C=O) groups is 3. The minimum absolute atomic E-state index is 0.0321. The predicted octanol–water partition coefficient (Wildman–Crippen LogP) is 1.87. The van der Waals surface area contributed by atoms with E-state index < -0.39 is 16.8 Å². The number of Topliss-reactive ketones (excluding diaryl/α,β-unsaturated/α-hetero) is 1. The van der Waals surface area contributed by atoms with Gasteiger partial charge >= 0.3 is 11.9 Å². The highest BCUT2D eigenvalue weighted by Gasteiger charge is 2.72. The summed E-state index contributed by atoms with van der Waals surface area (Å²) < 4.78 is 22.3. The number of hydrogen-bond donors (Lipinski definition) is 0. The average Bonchev–Trinajstić information content (AvgIpc) is 3.38. The molecule has 4 atom stereocenters. The molecule has 7 heteroatoms. The Balaban J connectivity index is 1.79. The third kappa shape index (κ3) is 3.55. The number of rotatable bonds is 4. The zero-order chi connectivity index (χ0) is 19.2. The van der Waals surface area contributed by atoms with Crippen LogP contribution in [0.1, 0.15) is 53.4 Å². The van der Waals surface area contributed by atoms with E-state index in [9.17, 15) is 14.4 Å². The molecule has 2 saturated heterocycles. The molecule has 1 aliphatic carbocycles. The normalized spacial score (nSPS) is 40.8. The molecule has 7 nitrogen and oxygen atoms in total. The van der Waals surface area contributed by atoms with Gasteiger partial charge in [-0.25, -0.2) is 0 Å². The molecule has 1 spiro atoms. The highest BCUT2D eigenvalue weighted by Crippen LogP contribution is 2.59. The van der Waals surface area contributed by atoms with Crippen LogP contribution in [0.25, 0.3) is 0 Å². The van der Waals surface area contributed by atoms with Gasteiger partial charge in [-0.3, -0.25) is 14.4 Å². The van der Waals surface area contributed by atoms with Gasteiger partial charge in [0.1, 0.15) is 30.0 Å². The fourth-order valence-corrected chi connectivity index (χ4v) is 3.82. The number of esters is 2. The number of allylic oxidation sites excluding steroid dienone is 2. The second-order valence-corrected chi connectivity index (χ2v) is 7.79. The van der Waals surface area contributed by atoms with Gasteiger partial charge < -0.3 is 18.9 Å². The van der Waals surface area contributed by atoms with Gasteiger partial charge in [-0.1, -0.05) is 6.08 Å². The second kappa shape index (κ2) is 6.46. The van der Waals surface area contributed by atoms with Gasteiger partial charge in [0.15, 0.2) is 5.78 Å². The molecule has 0 saturated carbocycles. The highest BCUT2D eigenvalue weighted by atomic mass is 16.7. The molecule has 0 bridgehead atoms. The van der Waals surface area contributed by atoms with Crippen molar-refractivity contribution >= 4 is 17.7 Å². The quantitative estimate of drug-likeness (QED) is 0.554. The number of ketones is 1. The number of carbonyl (C=O) groups excluding carboxylic acids is 3. The summed E-state index contributed by atoms with van der Waals surface area (Å²) in [5.74, 6) is -0.694.